The summed E-state index contributed by atoms with van der Waals surface area (Å²) < 4.78 is 5.17. The van der Waals surface area contributed by atoms with E-state index in [1.54, 1.807) is 0 Å². The molecule has 0 aliphatic carbocycles. The molecule has 0 saturated heterocycles. The molecule has 2 rings (SSSR count). The Kier molecular flexibility index (Phi) is 1.75. The van der Waals surface area contributed by atoms with Gasteiger partial charge < -0.3 is 5.32 Å². The molecule has 0 atom stereocenters. The molecule has 1 heterocycles. The highest BCUT2D eigenvalue weighted by molar-refractivity contribution is 7.13. The number of benzene rings is 1. The van der Waals surface area contributed by atoms with Gasteiger partial charge in [-0.25, -0.2) is 0 Å². The number of rotatable bonds is 2. The largest absolute Gasteiger partial charge is 0.312 e. The zero-order chi connectivity index (χ0) is 8.39. The average molecular weight is 178 g/mol. The van der Waals surface area contributed by atoms with Gasteiger partial charge >= 0.3 is 0 Å². The van der Waals surface area contributed by atoms with E-state index in [-0.39, 0.29) is 0 Å². The normalized spacial score (nSPS) is 10.0. The van der Waals surface area contributed by atoms with Crippen LogP contribution in [0.4, 0.5) is 5.82 Å². The van der Waals surface area contributed by atoms with E-state index in [0.717, 1.165) is 10.1 Å². The highest BCUT2D eigenvalue weighted by atomic mass is 32.1. The molecule has 0 fully saturated rings. The maximum atomic E-state index is 10.2. The van der Waals surface area contributed by atoms with E-state index < -0.39 is 0 Å². The van der Waals surface area contributed by atoms with E-state index in [9.17, 15) is 4.79 Å². The minimum absolute atomic E-state index is 0.640. The molecule has 12 heavy (non-hydrogen) atoms. The fraction of sp³-hybridized carbons (Fsp3) is 0. The lowest BCUT2D eigenvalue weighted by atomic mass is 10.3. The van der Waals surface area contributed by atoms with Crippen LogP contribution < -0.4 is 5.32 Å². The first-order chi connectivity index (χ1) is 5.92. The molecule has 0 unspecified atom stereocenters. The van der Waals surface area contributed by atoms with Crippen LogP contribution in [0.15, 0.2) is 24.3 Å². The number of anilines is 1. The number of aromatic nitrogens is 1. The van der Waals surface area contributed by atoms with Gasteiger partial charge in [-0.2, -0.15) is 4.37 Å². The van der Waals surface area contributed by atoms with E-state index in [0.29, 0.717) is 12.2 Å². The Morgan fingerprint density at radius 1 is 1.42 bits per heavy atom. The first kappa shape index (κ1) is 7.24. The average Bonchev–Trinajstić information content (AvgIpc) is 2.50. The lowest BCUT2D eigenvalue weighted by molar-refractivity contribution is -0.105. The smallest absolute Gasteiger partial charge is 0.212 e. The summed E-state index contributed by atoms with van der Waals surface area (Å²) in [6, 6.07) is 7.78. The summed E-state index contributed by atoms with van der Waals surface area (Å²) in [6.45, 7) is 0. The van der Waals surface area contributed by atoms with Crippen LogP contribution in [-0.2, 0) is 4.79 Å². The maximum absolute atomic E-state index is 10.2. The number of fused-ring (bicyclic) bond motifs is 1. The fourth-order valence-electron chi connectivity index (χ4n) is 1.05. The second-order valence-electron chi connectivity index (χ2n) is 2.29. The molecule has 60 valence electrons. The zero-order valence-corrected chi connectivity index (χ0v) is 6.97. The molecular formula is C8H6N2OS. The van der Waals surface area contributed by atoms with Gasteiger partial charge in [0.2, 0.25) is 6.41 Å². The van der Waals surface area contributed by atoms with Gasteiger partial charge in [-0.1, -0.05) is 12.1 Å². The van der Waals surface area contributed by atoms with Crippen molar-refractivity contribution in [2.24, 2.45) is 0 Å². The Hall–Kier alpha value is -1.42. The van der Waals surface area contributed by atoms with Crippen molar-refractivity contribution in [2.75, 3.05) is 5.32 Å². The molecule has 1 aromatic carbocycles. The summed E-state index contributed by atoms with van der Waals surface area (Å²) in [7, 11) is 0. The molecule has 3 nitrogen and oxygen atoms in total. The number of amides is 1. The van der Waals surface area contributed by atoms with Crippen molar-refractivity contribution >= 4 is 33.8 Å². The molecule has 4 heteroatoms. The number of hydrogen-bond acceptors (Lipinski definition) is 3. The molecule has 0 aliphatic rings. The summed E-state index contributed by atoms with van der Waals surface area (Å²) in [4.78, 5) is 10.2. The van der Waals surface area contributed by atoms with Crippen LogP contribution in [-0.4, -0.2) is 10.8 Å². The van der Waals surface area contributed by atoms with Crippen LogP contribution in [0.3, 0.4) is 0 Å². The molecule has 1 aromatic heterocycles. The summed E-state index contributed by atoms with van der Waals surface area (Å²) in [5.74, 6) is 0.644. The van der Waals surface area contributed by atoms with E-state index in [1.807, 2.05) is 24.3 Å². The van der Waals surface area contributed by atoms with Crippen LogP contribution >= 0.6 is 11.5 Å². The van der Waals surface area contributed by atoms with Gasteiger partial charge in [0, 0.05) is 5.39 Å². The van der Waals surface area contributed by atoms with Gasteiger partial charge in [-0.05, 0) is 23.7 Å². The summed E-state index contributed by atoms with van der Waals surface area (Å²) in [5.41, 5.74) is 0. The third kappa shape index (κ3) is 1.06. The van der Waals surface area contributed by atoms with Gasteiger partial charge in [0.15, 0.2) is 5.82 Å². The van der Waals surface area contributed by atoms with Crippen molar-refractivity contribution in [3.05, 3.63) is 24.3 Å². The minimum atomic E-state index is 0.640. The molecular weight excluding hydrogens is 172 g/mol. The molecule has 1 amide bonds. The summed E-state index contributed by atoms with van der Waals surface area (Å²) in [6.07, 6.45) is 0.640. The van der Waals surface area contributed by atoms with Crippen molar-refractivity contribution in [3.8, 4) is 0 Å². The van der Waals surface area contributed by atoms with E-state index >= 15 is 0 Å². The van der Waals surface area contributed by atoms with Crippen LogP contribution in [0, 0.1) is 0 Å². The number of hydrogen-bond donors (Lipinski definition) is 1. The molecule has 0 radical (unpaired) electrons. The van der Waals surface area contributed by atoms with Crippen LogP contribution in [0.2, 0.25) is 0 Å². The van der Waals surface area contributed by atoms with Gasteiger partial charge in [-0.15, -0.1) is 0 Å². The third-order valence-electron chi connectivity index (χ3n) is 1.57. The van der Waals surface area contributed by atoms with Crippen LogP contribution in [0.1, 0.15) is 0 Å². The Morgan fingerprint density at radius 2 is 2.25 bits per heavy atom. The van der Waals surface area contributed by atoms with Gasteiger partial charge in [0.05, 0.1) is 4.70 Å². The van der Waals surface area contributed by atoms with Crippen molar-refractivity contribution < 1.29 is 4.79 Å². The lowest BCUT2D eigenvalue weighted by Crippen LogP contribution is -1.92. The Balaban J connectivity index is 2.62. The molecule has 2 aromatic rings. The fourth-order valence-corrected chi connectivity index (χ4v) is 1.79. The van der Waals surface area contributed by atoms with Crippen molar-refractivity contribution in [1.29, 1.82) is 0 Å². The number of nitrogens with zero attached hydrogens (tertiary/aromatic N) is 1. The van der Waals surface area contributed by atoms with Gasteiger partial charge in [0.1, 0.15) is 0 Å². The molecule has 0 aliphatic heterocycles. The molecule has 0 saturated carbocycles. The van der Waals surface area contributed by atoms with Crippen molar-refractivity contribution in [3.63, 3.8) is 0 Å². The van der Waals surface area contributed by atoms with E-state index in [2.05, 4.69) is 9.69 Å². The highest BCUT2D eigenvalue weighted by Gasteiger charge is 2.02. The Bertz CT molecular complexity index is 410. The van der Waals surface area contributed by atoms with E-state index in [1.165, 1.54) is 11.5 Å². The Morgan fingerprint density at radius 3 is 3.08 bits per heavy atom. The van der Waals surface area contributed by atoms with Crippen molar-refractivity contribution in [2.45, 2.75) is 0 Å². The van der Waals surface area contributed by atoms with E-state index in [4.69, 9.17) is 0 Å². The summed E-state index contributed by atoms with van der Waals surface area (Å²) >= 11 is 1.38. The first-order valence-electron chi connectivity index (χ1n) is 3.46. The zero-order valence-electron chi connectivity index (χ0n) is 6.15. The lowest BCUT2D eigenvalue weighted by Gasteiger charge is -1.91. The van der Waals surface area contributed by atoms with Crippen LogP contribution in [0.5, 0.6) is 0 Å². The first-order valence-corrected chi connectivity index (χ1v) is 4.24. The predicted molar refractivity (Wildman–Crippen MR) is 49.3 cm³/mol. The number of carbonyl (C=O) groups is 1. The van der Waals surface area contributed by atoms with Gasteiger partial charge in [-0.3, -0.25) is 4.79 Å². The predicted octanol–water partition coefficient (Wildman–Crippen LogP) is 1.86. The number of nitrogens with one attached hydrogen (secondary N) is 1. The highest BCUT2D eigenvalue weighted by Crippen LogP contribution is 2.25. The molecule has 0 bridgehead atoms. The maximum Gasteiger partial charge on any atom is 0.212 e. The SMILES string of the molecule is O=CNc1nsc2ccccc12. The number of carbonyl (C=O) groups excluding carboxylic acids is 1. The monoisotopic (exact) mass is 178 g/mol. The molecule has 0 spiro atoms. The van der Waals surface area contributed by atoms with Gasteiger partial charge in [0.25, 0.3) is 0 Å². The second-order valence-corrected chi connectivity index (χ2v) is 3.09. The summed E-state index contributed by atoms with van der Waals surface area (Å²) in [5, 5.41) is 3.54. The Labute approximate surface area is 73.2 Å². The topological polar surface area (TPSA) is 42.0 Å². The quantitative estimate of drug-likeness (QED) is 0.713. The minimum Gasteiger partial charge on any atom is -0.312 e. The van der Waals surface area contributed by atoms with Crippen LogP contribution in [0.25, 0.3) is 10.1 Å². The standard InChI is InChI=1S/C8H6N2OS/c11-5-9-8-6-3-1-2-4-7(6)12-10-8/h1-5H,(H,9,10,11). The van der Waals surface area contributed by atoms with Crippen molar-refractivity contribution in [1.82, 2.24) is 4.37 Å². The third-order valence-corrected chi connectivity index (χ3v) is 2.40. The molecule has 1 N–H and O–H groups in total. The second kappa shape index (κ2) is 2.91.